The van der Waals surface area contributed by atoms with Crippen LogP contribution in [0.15, 0.2) is 16.6 Å². The summed E-state index contributed by atoms with van der Waals surface area (Å²) in [7, 11) is 0. The molecule has 0 saturated heterocycles. The number of nitrogens with two attached hydrogens (primary N) is 1. The van der Waals surface area contributed by atoms with Crippen molar-refractivity contribution in [3.63, 3.8) is 0 Å². The van der Waals surface area contributed by atoms with E-state index >= 15 is 0 Å². The van der Waals surface area contributed by atoms with Gasteiger partial charge in [-0.25, -0.2) is 0 Å². The first-order valence-corrected chi connectivity index (χ1v) is 5.37. The Kier molecular flexibility index (Phi) is 5.70. The van der Waals surface area contributed by atoms with Gasteiger partial charge in [-0.1, -0.05) is 31.9 Å². The van der Waals surface area contributed by atoms with Gasteiger partial charge in [-0.15, -0.1) is 0 Å². The predicted octanol–water partition coefficient (Wildman–Crippen LogP) is 3.14. The Morgan fingerprint density at radius 3 is 2.36 bits per heavy atom. The molecule has 0 saturated carbocycles. The van der Waals surface area contributed by atoms with Crippen molar-refractivity contribution in [3.8, 4) is 0 Å². The number of hydrogen-bond acceptors (Lipinski definition) is 2. The second kappa shape index (κ2) is 5.97. The van der Waals surface area contributed by atoms with Gasteiger partial charge in [0.15, 0.2) is 0 Å². The monoisotopic (exact) mass is 196 g/mol. The molecule has 0 spiro atoms. The molecule has 0 aromatic heterocycles. The van der Waals surface area contributed by atoms with E-state index in [1.165, 1.54) is 12.0 Å². The summed E-state index contributed by atoms with van der Waals surface area (Å²) in [5, 5.41) is 0. The first-order valence-electron chi connectivity index (χ1n) is 5.37. The molecule has 0 aromatic carbocycles. The summed E-state index contributed by atoms with van der Waals surface area (Å²) in [5.41, 5.74) is 8.09. The largest absolute Gasteiger partial charge is 0.312 e. The molecule has 0 radical (unpaired) electrons. The molecule has 0 heterocycles. The lowest BCUT2D eigenvalue weighted by Crippen LogP contribution is -2.27. The van der Waals surface area contributed by atoms with E-state index in [4.69, 9.17) is 5.73 Å². The SMILES string of the molecule is C/C=C(/C)C(C)(CCC)C(C)=NCN. The van der Waals surface area contributed by atoms with Crippen molar-refractivity contribution in [2.75, 3.05) is 6.67 Å². The summed E-state index contributed by atoms with van der Waals surface area (Å²) in [6.45, 7) is 11.2. The number of hydrogen-bond donors (Lipinski definition) is 1. The summed E-state index contributed by atoms with van der Waals surface area (Å²) < 4.78 is 0. The second-order valence-corrected chi connectivity index (χ2v) is 3.98. The highest BCUT2D eigenvalue weighted by Gasteiger charge is 2.27. The van der Waals surface area contributed by atoms with Gasteiger partial charge in [-0.2, -0.15) is 0 Å². The van der Waals surface area contributed by atoms with E-state index in [0.717, 1.165) is 12.1 Å². The third-order valence-corrected chi connectivity index (χ3v) is 3.18. The highest BCUT2D eigenvalue weighted by Crippen LogP contribution is 2.33. The zero-order valence-electron chi connectivity index (χ0n) is 10.2. The van der Waals surface area contributed by atoms with Crippen molar-refractivity contribution in [1.29, 1.82) is 0 Å². The standard InChI is InChI=1S/C12H24N2/c1-6-8-12(5,10(3)7-2)11(4)14-9-13/h7H,6,8-9,13H2,1-5H3/b10-7-,14-11?. The van der Waals surface area contributed by atoms with Crippen LogP contribution >= 0.6 is 0 Å². The van der Waals surface area contributed by atoms with Crippen LogP contribution in [0.2, 0.25) is 0 Å². The van der Waals surface area contributed by atoms with Gasteiger partial charge >= 0.3 is 0 Å². The van der Waals surface area contributed by atoms with Crippen LogP contribution < -0.4 is 5.73 Å². The van der Waals surface area contributed by atoms with E-state index in [2.05, 4.69) is 45.7 Å². The second-order valence-electron chi connectivity index (χ2n) is 3.98. The van der Waals surface area contributed by atoms with Crippen LogP contribution in [0.25, 0.3) is 0 Å². The van der Waals surface area contributed by atoms with Crippen molar-refractivity contribution in [1.82, 2.24) is 0 Å². The summed E-state index contributed by atoms with van der Waals surface area (Å²) >= 11 is 0. The van der Waals surface area contributed by atoms with Crippen LogP contribution in [-0.2, 0) is 0 Å². The Morgan fingerprint density at radius 1 is 1.43 bits per heavy atom. The molecule has 0 amide bonds. The molecule has 2 heteroatoms. The van der Waals surface area contributed by atoms with Crippen LogP contribution in [0.4, 0.5) is 0 Å². The molecule has 2 N–H and O–H groups in total. The quantitative estimate of drug-likeness (QED) is 0.532. The van der Waals surface area contributed by atoms with Crippen molar-refractivity contribution in [2.24, 2.45) is 16.1 Å². The Labute approximate surface area is 88.3 Å². The molecule has 82 valence electrons. The molecule has 0 fully saturated rings. The first-order chi connectivity index (χ1) is 6.52. The molecule has 0 aliphatic carbocycles. The van der Waals surface area contributed by atoms with Crippen molar-refractivity contribution in [3.05, 3.63) is 11.6 Å². The van der Waals surface area contributed by atoms with Crippen LogP contribution in [0.5, 0.6) is 0 Å². The zero-order valence-corrected chi connectivity index (χ0v) is 10.2. The smallest absolute Gasteiger partial charge is 0.0859 e. The fourth-order valence-corrected chi connectivity index (χ4v) is 1.79. The third kappa shape index (κ3) is 2.95. The summed E-state index contributed by atoms with van der Waals surface area (Å²) in [6.07, 6.45) is 4.48. The van der Waals surface area contributed by atoms with Gasteiger partial charge in [-0.3, -0.25) is 4.99 Å². The van der Waals surface area contributed by atoms with E-state index in [9.17, 15) is 0 Å². The fraction of sp³-hybridized carbons (Fsp3) is 0.750. The maximum Gasteiger partial charge on any atom is 0.0859 e. The van der Waals surface area contributed by atoms with Crippen LogP contribution in [0, 0.1) is 5.41 Å². The fourth-order valence-electron chi connectivity index (χ4n) is 1.79. The first kappa shape index (κ1) is 13.4. The Hall–Kier alpha value is -0.630. The third-order valence-electron chi connectivity index (χ3n) is 3.18. The maximum atomic E-state index is 5.46. The normalized spacial score (nSPS) is 18.1. The van der Waals surface area contributed by atoms with Crippen LogP contribution in [-0.4, -0.2) is 12.4 Å². The summed E-state index contributed by atoms with van der Waals surface area (Å²) in [5.74, 6) is 0. The van der Waals surface area contributed by atoms with Crippen molar-refractivity contribution in [2.45, 2.75) is 47.5 Å². The minimum atomic E-state index is 0.100. The molecule has 0 aliphatic rings. The molecule has 0 rings (SSSR count). The average Bonchev–Trinajstić information content (AvgIpc) is 2.17. The van der Waals surface area contributed by atoms with Crippen molar-refractivity contribution >= 4 is 5.71 Å². The zero-order chi connectivity index (χ0) is 11.2. The van der Waals surface area contributed by atoms with Gasteiger partial charge in [0.25, 0.3) is 0 Å². The molecule has 1 atom stereocenters. The predicted molar refractivity (Wildman–Crippen MR) is 64.6 cm³/mol. The van der Waals surface area contributed by atoms with E-state index < -0.39 is 0 Å². The molecule has 2 nitrogen and oxygen atoms in total. The molecular formula is C12H24N2. The lowest BCUT2D eigenvalue weighted by molar-refractivity contribution is 0.493. The molecule has 0 aliphatic heterocycles. The highest BCUT2D eigenvalue weighted by molar-refractivity contribution is 5.90. The summed E-state index contributed by atoms with van der Waals surface area (Å²) in [6, 6.07) is 0. The molecule has 0 aromatic rings. The van der Waals surface area contributed by atoms with Gasteiger partial charge in [0.05, 0.1) is 6.67 Å². The van der Waals surface area contributed by atoms with Gasteiger partial charge in [-0.05, 0) is 27.2 Å². The topological polar surface area (TPSA) is 38.4 Å². The van der Waals surface area contributed by atoms with Gasteiger partial charge in [0.1, 0.15) is 0 Å². The number of aliphatic imine (C=N–C) groups is 1. The van der Waals surface area contributed by atoms with E-state index in [1.54, 1.807) is 0 Å². The maximum absolute atomic E-state index is 5.46. The van der Waals surface area contributed by atoms with Crippen LogP contribution in [0.3, 0.4) is 0 Å². The van der Waals surface area contributed by atoms with Gasteiger partial charge in [0.2, 0.25) is 0 Å². The summed E-state index contributed by atoms with van der Waals surface area (Å²) in [4.78, 5) is 4.34. The number of allylic oxidation sites excluding steroid dienone is 2. The van der Waals surface area contributed by atoms with E-state index in [0.29, 0.717) is 6.67 Å². The van der Waals surface area contributed by atoms with Gasteiger partial charge < -0.3 is 5.73 Å². The molecule has 0 bridgehead atoms. The van der Waals surface area contributed by atoms with E-state index in [-0.39, 0.29) is 5.41 Å². The minimum absolute atomic E-state index is 0.100. The average molecular weight is 196 g/mol. The number of rotatable bonds is 5. The molecule has 14 heavy (non-hydrogen) atoms. The minimum Gasteiger partial charge on any atom is -0.312 e. The Bertz CT molecular complexity index is 228. The highest BCUT2D eigenvalue weighted by atomic mass is 14.9. The Morgan fingerprint density at radius 2 is 2.00 bits per heavy atom. The number of nitrogens with zero attached hydrogens (tertiary/aromatic N) is 1. The van der Waals surface area contributed by atoms with E-state index in [1.807, 2.05) is 0 Å². The van der Waals surface area contributed by atoms with Crippen LogP contribution in [0.1, 0.15) is 47.5 Å². The molecule has 1 unspecified atom stereocenters. The lowest BCUT2D eigenvalue weighted by Gasteiger charge is -2.30. The van der Waals surface area contributed by atoms with Gasteiger partial charge in [0, 0.05) is 11.1 Å². The molecular weight excluding hydrogens is 172 g/mol. The lowest BCUT2D eigenvalue weighted by atomic mass is 9.75. The Balaban J connectivity index is 4.99. The van der Waals surface area contributed by atoms with Crippen molar-refractivity contribution < 1.29 is 0 Å².